The largest absolute Gasteiger partial charge is 0.510 e. The number of carbonyl (C=O) groups is 4. The number of rotatable bonds is 16. The fourth-order valence-electron chi connectivity index (χ4n) is 10.6. The number of unbranched alkanes of at least 4 members (excludes halogenated alkanes) is 6. The van der Waals surface area contributed by atoms with E-state index in [1.165, 1.54) is 41.0 Å². The van der Waals surface area contributed by atoms with Crippen LogP contribution in [-0.4, -0.2) is 91.8 Å². The molecule has 7 rings (SSSR count). The van der Waals surface area contributed by atoms with Crippen LogP contribution in [0, 0.1) is 11.8 Å². The van der Waals surface area contributed by atoms with Crippen LogP contribution in [0.1, 0.15) is 80.1 Å². The van der Waals surface area contributed by atoms with Gasteiger partial charge >= 0.3 is 193 Å². The number of nitrogens with zero attached hydrogens (tertiary/aromatic N) is 1. The van der Waals surface area contributed by atoms with Crippen molar-refractivity contribution in [2.24, 2.45) is 17.6 Å². The number of fused-ring (bicyclic) bond motifs is 3. The molecule has 0 bridgehead atoms. The predicted octanol–water partition coefficient (Wildman–Crippen LogP) is 5.44. The number of nitrogens with two attached hydrogens (primary N) is 1. The molecule has 12 nitrogen and oxygen atoms in total. The molecule has 332 valence electrons. The van der Waals surface area contributed by atoms with Crippen molar-refractivity contribution < 1.29 is 44.7 Å². The van der Waals surface area contributed by atoms with Crippen molar-refractivity contribution in [1.82, 2.24) is 4.90 Å². The number of aromatic hydroxyl groups is 1. The summed E-state index contributed by atoms with van der Waals surface area (Å²) in [4.78, 5) is 54.7. The minimum atomic E-state index is -3.01. The number of likely N-dealkylation sites (N-methyl/N-ethyl adjacent to an activating group) is 1. The molecule has 0 saturated carbocycles. The van der Waals surface area contributed by atoms with Gasteiger partial charge in [-0.25, -0.2) is 0 Å². The van der Waals surface area contributed by atoms with E-state index in [-0.39, 0.29) is 23.6 Å². The van der Waals surface area contributed by atoms with Gasteiger partial charge in [0.05, 0.1) is 23.6 Å². The Labute approximate surface area is 368 Å². The Bertz CT molecular complexity index is 2340. The Hall–Kier alpha value is -5.65. The normalized spacial score (nSPS) is 23.6. The molecule has 0 aromatic heterocycles. The van der Waals surface area contributed by atoms with E-state index in [1.807, 2.05) is 0 Å². The fourth-order valence-corrected chi connectivity index (χ4v) is 15.5. The van der Waals surface area contributed by atoms with Gasteiger partial charge in [0, 0.05) is 11.5 Å². The monoisotopic (exact) mass is 875 g/mol. The minimum Gasteiger partial charge on any atom is -0.510 e. The van der Waals surface area contributed by atoms with Crippen LogP contribution in [0.25, 0.3) is 0 Å². The number of phenolic OH excluding ortho intramolecular Hbond substituents is 1. The van der Waals surface area contributed by atoms with Gasteiger partial charge in [0.2, 0.25) is 5.78 Å². The van der Waals surface area contributed by atoms with Crippen molar-refractivity contribution in [1.29, 1.82) is 0 Å². The maximum Gasteiger partial charge on any atom is 0.255 e. The summed E-state index contributed by atoms with van der Waals surface area (Å²) < 4.78 is 0. The van der Waals surface area contributed by atoms with Gasteiger partial charge < -0.3 is 31.3 Å². The molecule has 3 aliphatic rings. The van der Waals surface area contributed by atoms with Gasteiger partial charge in [-0.05, 0) is 31.6 Å². The molecule has 6 atom stereocenters. The number of carbonyl (C=O) groups excluding carboxylic acids is 4. The van der Waals surface area contributed by atoms with Crippen LogP contribution < -0.4 is 27.0 Å². The van der Waals surface area contributed by atoms with Crippen molar-refractivity contribution in [3.05, 3.63) is 137 Å². The summed E-state index contributed by atoms with van der Waals surface area (Å²) >= 11 is 0. The number of ketones is 2. The second kappa shape index (κ2) is 18.6. The summed E-state index contributed by atoms with van der Waals surface area (Å²) in [6, 6.07) is 34.5. The first-order valence-corrected chi connectivity index (χ1v) is 24.0. The molecule has 0 aliphatic heterocycles. The summed E-state index contributed by atoms with van der Waals surface area (Å²) in [5, 5.41) is 64.8. The molecule has 13 heteroatoms. The van der Waals surface area contributed by atoms with E-state index in [1.54, 1.807) is 13.0 Å². The Morgan fingerprint density at radius 1 is 0.762 bits per heavy atom. The Morgan fingerprint density at radius 2 is 1.27 bits per heavy atom. The third-order valence-corrected chi connectivity index (χ3v) is 18.7. The summed E-state index contributed by atoms with van der Waals surface area (Å²) in [7, 11) is 0.705. The third kappa shape index (κ3) is 7.99. The van der Waals surface area contributed by atoms with Crippen LogP contribution in [0.2, 0.25) is 0 Å². The van der Waals surface area contributed by atoms with Gasteiger partial charge in [0.15, 0.2) is 17.1 Å². The van der Waals surface area contributed by atoms with E-state index in [4.69, 9.17) is 5.73 Å². The van der Waals surface area contributed by atoms with Gasteiger partial charge in [-0.2, -0.15) is 0 Å². The van der Waals surface area contributed by atoms with Gasteiger partial charge in [0.25, 0.3) is 5.91 Å². The van der Waals surface area contributed by atoms with Gasteiger partial charge in [-0.15, -0.1) is 0 Å². The zero-order chi connectivity index (χ0) is 45.2. The zero-order valence-electron chi connectivity index (χ0n) is 36.0. The maximum atomic E-state index is 14.2. The van der Waals surface area contributed by atoms with E-state index in [0.717, 1.165) is 44.7 Å². The number of hydrogen-bond donors (Lipinski definition) is 7. The Balaban J connectivity index is 0.967. The van der Waals surface area contributed by atoms with Crippen LogP contribution in [0.4, 0.5) is 5.69 Å². The molecule has 0 heterocycles. The molecular formula is C50H58N3O9P. The number of Topliss-reactive ketones (excluding diaryl/α,β-unsaturated/α-hetero) is 2. The number of hydrogen-bond acceptors (Lipinski definition) is 10. The quantitative estimate of drug-likeness (QED) is 0.0328. The Kier molecular flexibility index (Phi) is 13.4. The molecule has 0 unspecified atom stereocenters. The number of anilines is 1. The standard InChI is InChI=1S/C50H58N3O9P/c1-30-34-27-28-35(43(55)38(34)44(56)39-37(30)45(57)41-42(53(2)3)46(58)40(49(51)61)48(60)50(41,62)47(39)59)52-36(54)26-18-7-5-4-6-8-19-29-63(31-20-12-9-13-21-31,32-22-14-10-15-23-32)33-24-16-11-17-25-33/h9-17,20-25,27-28,30,37,41-42,45,55,57-59,62-63H,4-8,18-19,26,29H2,1-3H3,(H2,51,61)(H,52,54)/t30-,37+,41+,42-,45-,50-/m0/s1. The number of aliphatic hydroxyl groups is 4. The Morgan fingerprint density at radius 3 is 1.78 bits per heavy atom. The van der Waals surface area contributed by atoms with Crippen molar-refractivity contribution in [3.8, 4) is 5.75 Å². The number of nitrogens with one attached hydrogen (secondary N) is 1. The number of benzene rings is 4. The average molecular weight is 876 g/mol. The second-order valence-electron chi connectivity index (χ2n) is 17.5. The summed E-state index contributed by atoms with van der Waals surface area (Å²) in [5.74, 6) is -10.1. The minimum absolute atomic E-state index is 0.0304. The first kappa shape index (κ1) is 45.4. The van der Waals surface area contributed by atoms with Crippen LogP contribution in [0.5, 0.6) is 5.75 Å². The van der Waals surface area contributed by atoms with Crippen molar-refractivity contribution in [2.75, 3.05) is 25.6 Å². The fraction of sp³-hybridized carbons (Fsp3) is 0.360. The molecule has 0 fully saturated rings. The number of phenols is 1. The third-order valence-electron chi connectivity index (χ3n) is 13.7. The molecule has 0 spiro atoms. The number of amides is 2. The molecule has 0 saturated heterocycles. The molecule has 3 aliphatic carbocycles. The number of primary amides is 1. The van der Waals surface area contributed by atoms with Gasteiger partial charge in [0.1, 0.15) is 17.1 Å². The van der Waals surface area contributed by atoms with Crippen LogP contribution in [-0.2, 0) is 14.4 Å². The van der Waals surface area contributed by atoms with E-state index >= 15 is 0 Å². The van der Waals surface area contributed by atoms with Crippen LogP contribution >= 0.6 is 7.26 Å². The SMILES string of the molecule is C[C@H]1c2ccc(NC(=O)CCCCCCCCC[PH](c3ccccc3)(c3ccccc3)c3ccccc3)c(O)c2C(=O)C2=C(O)[C@]3(O)C(=O)C(C(N)=O)=C(O)[C@@H](N(C)C)[C@@H]3[C@@H](O)[C@@H]21. The first-order valence-electron chi connectivity index (χ1n) is 21.8. The van der Waals surface area contributed by atoms with Crippen LogP contribution in [0.15, 0.2) is 126 Å². The van der Waals surface area contributed by atoms with Gasteiger partial charge in [-0.1, -0.05) is 13.0 Å². The van der Waals surface area contributed by atoms with Gasteiger partial charge in [-0.3, -0.25) is 19.3 Å². The summed E-state index contributed by atoms with van der Waals surface area (Å²) in [6.07, 6.45) is 6.37. The smallest absolute Gasteiger partial charge is 0.255 e. The van der Waals surface area contributed by atoms with E-state index in [9.17, 15) is 44.7 Å². The summed E-state index contributed by atoms with van der Waals surface area (Å²) in [6.45, 7) is 1.66. The van der Waals surface area contributed by atoms with Crippen molar-refractivity contribution in [2.45, 2.75) is 82.0 Å². The van der Waals surface area contributed by atoms with Crippen molar-refractivity contribution >= 4 is 52.2 Å². The molecule has 2 amide bonds. The average Bonchev–Trinajstić information content (AvgIpc) is 3.27. The zero-order valence-corrected chi connectivity index (χ0v) is 37.0. The number of aliphatic hydroxyl groups excluding tert-OH is 3. The topological polar surface area (TPSA) is 211 Å². The van der Waals surface area contributed by atoms with E-state index < -0.39 is 88.7 Å². The molecule has 4 aromatic carbocycles. The first-order chi connectivity index (χ1) is 30.2. The summed E-state index contributed by atoms with van der Waals surface area (Å²) in [5.41, 5.74) is 0.963. The predicted molar refractivity (Wildman–Crippen MR) is 247 cm³/mol. The molecule has 4 aromatic rings. The molecular weight excluding hydrogens is 818 g/mol. The second-order valence-corrected chi connectivity index (χ2v) is 21.5. The molecule has 8 N–H and O–H groups in total. The maximum absolute atomic E-state index is 14.2. The molecule has 0 radical (unpaired) electrons. The molecule has 63 heavy (non-hydrogen) atoms. The van der Waals surface area contributed by atoms with E-state index in [2.05, 4.69) is 96.3 Å². The van der Waals surface area contributed by atoms with Crippen molar-refractivity contribution in [3.63, 3.8) is 0 Å². The van der Waals surface area contributed by atoms with Crippen LogP contribution in [0.3, 0.4) is 0 Å². The van der Waals surface area contributed by atoms with E-state index in [0.29, 0.717) is 12.0 Å².